The van der Waals surface area contributed by atoms with Crippen molar-refractivity contribution in [3.8, 4) is 16.9 Å². The molecule has 5 aromatic rings. The van der Waals surface area contributed by atoms with Gasteiger partial charge in [-0.25, -0.2) is 8.78 Å². The molecule has 7 nitrogen and oxygen atoms in total. The van der Waals surface area contributed by atoms with E-state index in [9.17, 15) is 23.5 Å². The number of primary amides is 1. The lowest BCUT2D eigenvalue weighted by molar-refractivity contribution is 0.0924. The van der Waals surface area contributed by atoms with Crippen molar-refractivity contribution >= 4 is 22.8 Å². The molecule has 9 heteroatoms. The van der Waals surface area contributed by atoms with Crippen LogP contribution < -0.4 is 11.1 Å². The molecule has 0 aliphatic heterocycles. The Balaban J connectivity index is 1.36. The van der Waals surface area contributed by atoms with Crippen LogP contribution >= 0.6 is 0 Å². The molecule has 0 radical (unpaired) electrons. The molecule has 2 heterocycles. The van der Waals surface area contributed by atoms with Crippen LogP contribution in [0.5, 0.6) is 5.75 Å². The highest BCUT2D eigenvalue weighted by atomic mass is 19.1. The quantitative estimate of drug-likeness (QED) is 0.249. The van der Waals surface area contributed by atoms with Crippen LogP contribution in [-0.2, 0) is 12.0 Å². The van der Waals surface area contributed by atoms with Crippen molar-refractivity contribution in [3.05, 3.63) is 119 Å². The van der Waals surface area contributed by atoms with Gasteiger partial charge in [0, 0.05) is 29.6 Å². The molecule has 0 bridgehead atoms. The Morgan fingerprint density at radius 2 is 1.80 bits per heavy atom. The molecule has 200 valence electrons. The number of nitrogens with zero attached hydrogens (tertiary/aromatic N) is 1. The Bertz CT molecular complexity index is 1780. The SMILES string of the molecule is NC(=O)c1c(Cc2ccc(F)cc2)oc2ccc(-c3cc(C(=O)NC4(c5ccccn5)CC4)c(F)cc3O)cc12. The second-order valence-electron chi connectivity index (χ2n) is 9.88. The van der Waals surface area contributed by atoms with E-state index in [0.717, 1.165) is 6.07 Å². The zero-order valence-electron chi connectivity index (χ0n) is 21.1. The Morgan fingerprint density at radius 3 is 2.48 bits per heavy atom. The van der Waals surface area contributed by atoms with Gasteiger partial charge >= 0.3 is 0 Å². The average molecular weight is 540 g/mol. The predicted octanol–water partition coefficient (Wildman–Crippen LogP) is 5.59. The largest absolute Gasteiger partial charge is 0.507 e. The number of hydrogen-bond acceptors (Lipinski definition) is 5. The number of phenols is 1. The minimum Gasteiger partial charge on any atom is -0.507 e. The number of amides is 2. The van der Waals surface area contributed by atoms with Crippen LogP contribution in [0.3, 0.4) is 0 Å². The lowest BCUT2D eigenvalue weighted by Gasteiger charge is -2.18. The van der Waals surface area contributed by atoms with Gasteiger partial charge in [-0.3, -0.25) is 14.6 Å². The number of carbonyl (C=O) groups is 2. The van der Waals surface area contributed by atoms with Crippen LogP contribution in [0.25, 0.3) is 22.1 Å². The Labute approximate surface area is 227 Å². The van der Waals surface area contributed by atoms with Crippen molar-refractivity contribution in [2.24, 2.45) is 5.73 Å². The van der Waals surface area contributed by atoms with E-state index in [-0.39, 0.29) is 34.7 Å². The predicted molar refractivity (Wildman–Crippen MR) is 144 cm³/mol. The number of rotatable bonds is 7. The number of pyridine rings is 1. The number of nitrogens with one attached hydrogen (secondary N) is 1. The number of hydrogen-bond donors (Lipinski definition) is 3. The third-order valence-electron chi connectivity index (χ3n) is 7.18. The number of nitrogens with two attached hydrogens (primary N) is 1. The van der Waals surface area contributed by atoms with E-state index in [2.05, 4.69) is 10.3 Å². The van der Waals surface area contributed by atoms with E-state index in [1.165, 1.54) is 18.2 Å². The standard InChI is InChI=1S/C31H23F2N3O4/c32-19-7-4-17(5-8-19)13-26-28(29(34)38)22-14-18(6-9-25(22)40-26)20-15-21(23(33)16-24(20)37)30(39)36-31(10-11-31)27-3-1-2-12-35-27/h1-9,12,14-16,37H,10-11,13H2,(H2,34,38)(H,36,39). The molecule has 2 aromatic heterocycles. The molecule has 0 spiro atoms. The van der Waals surface area contributed by atoms with Gasteiger partial charge in [-0.05, 0) is 66.4 Å². The first kappa shape index (κ1) is 25.2. The number of halogens is 2. The maximum atomic E-state index is 14.9. The van der Waals surface area contributed by atoms with Crippen LogP contribution in [0.1, 0.15) is 50.6 Å². The van der Waals surface area contributed by atoms with E-state index in [1.54, 1.807) is 42.6 Å². The normalized spacial score (nSPS) is 13.8. The smallest absolute Gasteiger partial charge is 0.255 e. The Kier molecular flexibility index (Phi) is 6.06. The summed E-state index contributed by atoms with van der Waals surface area (Å²) in [5, 5.41) is 13.9. The summed E-state index contributed by atoms with van der Waals surface area (Å²) in [7, 11) is 0. The molecule has 1 saturated carbocycles. The summed E-state index contributed by atoms with van der Waals surface area (Å²) in [6.45, 7) is 0. The number of aromatic nitrogens is 1. The fourth-order valence-corrected chi connectivity index (χ4v) is 4.97. The summed E-state index contributed by atoms with van der Waals surface area (Å²) in [5.41, 5.74) is 7.34. The molecule has 4 N–H and O–H groups in total. The third kappa shape index (κ3) is 4.55. The first-order valence-corrected chi connectivity index (χ1v) is 12.6. The first-order chi connectivity index (χ1) is 19.2. The number of benzene rings is 3. The molecule has 0 atom stereocenters. The summed E-state index contributed by atoms with van der Waals surface area (Å²) < 4.78 is 34.2. The Hall–Kier alpha value is -5.05. The molecule has 40 heavy (non-hydrogen) atoms. The van der Waals surface area contributed by atoms with Gasteiger partial charge in [0.25, 0.3) is 11.8 Å². The van der Waals surface area contributed by atoms with Gasteiger partial charge in [-0.2, -0.15) is 0 Å². The highest BCUT2D eigenvalue weighted by Crippen LogP contribution is 2.45. The van der Waals surface area contributed by atoms with Crippen LogP contribution in [-0.4, -0.2) is 21.9 Å². The van der Waals surface area contributed by atoms with Crippen molar-refractivity contribution in [2.75, 3.05) is 0 Å². The van der Waals surface area contributed by atoms with E-state index < -0.39 is 23.2 Å². The van der Waals surface area contributed by atoms with Gasteiger partial charge in [-0.1, -0.05) is 24.3 Å². The molecule has 1 fully saturated rings. The Morgan fingerprint density at radius 1 is 1.02 bits per heavy atom. The van der Waals surface area contributed by atoms with Crippen LogP contribution in [0.15, 0.2) is 83.4 Å². The summed E-state index contributed by atoms with van der Waals surface area (Å²) in [6, 6.07) is 18.2. The van der Waals surface area contributed by atoms with Gasteiger partial charge in [-0.15, -0.1) is 0 Å². The fraction of sp³-hybridized carbons (Fsp3) is 0.129. The minimum atomic E-state index is -0.876. The molecule has 0 unspecified atom stereocenters. The van der Waals surface area contributed by atoms with Gasteiger partial charge in [0.15, 0.2) is 0 Å². The molecule has 1 aliphatic rings. The molecular formula is C31H23F2N3O4. The third-order valence-corrected chi connectivity index (χ3v) is 7.18. The van der Waals surface area contributed by atoms with Crippen molar-refractivity contribution in [1.82, 2.24) is 10.3 Å². The number of phenolic OH excluding ortho intramolecular Hbond substituents is 1. The van der Waals surface area contributed by atoms with Gasteiger partial charge in [0.2, 0.25) is 0 Å². The minimum absolute atomic E-state index is 0.145. The second-order valence-corrected chi connectivity index (χ2v) is 9.88. The average Bonchev–Trinajstić information content (AvgIpc) is 3.62. The summed E-state index contributed by atoms with van der Waals surface area (Å²) in [5.74, 6) is -2.69. The molecule has 0 saturated heterocycles. The molecule has 6 rings (SSSR count). The van der Waals surface area contributed by atoms with Gasteiger partial charge in [0.05, 0.1) is 22.4 Å². The lowest BCUT2D eigenvalue weighted by Crippen LogP contribution is -2.36. The molecule has 2 amide bonds. The molecule has 3 aromatic carbocycles. The monoisotopic (exact) mass is 539 g/mol. The topological polar surface area (TPSA) is 118 Å². The first-order valence-electron chi connectivity index (χ1n) is 12.6. The molecular weight excluding hydrogens is 516 g/mol. The van der Waals surface area contributed by atoms with E-state index >= 15 is 0 Å². The highest BCUT2D eigenvalue weighted by Gasteiger charge is 2.47. The second kappa shape index (κ2) is 9.60. The maximum Gasteiger partial charge on any atom is 0.255 e. The highest BCUT2D eigenvalue weighted by molar-refractivity contribution is 6.07. The van der Waals surface area contributed by atoms with Crippen molar-refractivity contribution < 1.29 is 27.9 Å². The van der Waals surface area contributed by atoms with Crippen LogP contribution in [0, 0.1) is 11.6 Å². The molecule has 1 aliphatic carbocycles. The summed E-state index contributed by atoms with van der Waals surface area (Å²) in [6.07, 6.45) is 3.19. The summed E-state index contributed by atoms with van der Waals surface area (Å²) >= 11 is 0. The lowest BCUT2D eigenvalue weighted by atomic mass is 9.97. The van der Waals surface area contributed by atoms with Crippen LogP contribution in [0.2, 0.25) is 0 Å². The number of furan rings is 1. The maximum absolute atomic E-state index is 14.9. The van der Waals surface area contributed by atoms with Crippen molar-refractivity contribution in [2.45, 2.75) is 24.8 Å². The van der Waals surface area contributed by atoms with E-state index in [0.29, 0.717) is 46.4 Å². The van der Waals surface area contributed by atoms with Crippen molar-refractivity contribution in [3.63, 3.8) is 0 Å². The van der Waals surface area contributed by atoms with Gasteiger partial charge in [0.1, 0.15) is 28.7 Å². The van der Waals surface area contributed by atoms with E-state index in [4.69, 9.17) is 10.2 Å². The number of aromatic hydroxyl groups is 1. The fourth-order valence-electron chi connectivity index (χ4n) is 4.97. The van der Waals surface area contributed by atoms with Crippen molar-refractivity contribution in [1.29, 1.82) is 0 Å². The van der Waals surface area contributed by atoms with E-state index in [1.807, 2.05) is 12.1 Å². The summed E-state index contributed by atoms with van der Waals surface area (Å²) in [4.78, 5) is 30.0. The van der Waals surface area contributed by atoms with Gasteiger partial charge < -0.3 is 20.6 Å². The van der Waals surface area contributed by atoms with Crippen LogP contribution in [0.4, 0.5) is 8.78 Å². The zero-order valence-corrected chi connectivity index (χ0v) is 21.1. The number of carbonyl (C=O) groups excluding carboxylic acids is 2. The number of fused-ring (bicyclic) bond motifs is 1. The zero-order chi connectivity index (χ0) is 28.0.